The first-order valence-corrected chi connectivity index (χ1v) is 9.33. The molecule has 0 aliphatic heterocycles. The molecule has 6 nitrogen and oxygen atoms in total. The molecule has 1 aliphatic carbocycles. The molecule has 0 saturated carbocycles. The minimum atomic E-state index is -4.57. The fourth-order valence-corrected chi connectivity index (χ4v) is 4.56. The predicted molar refractivity (Wildman–Crippen MR) is 91.2 cm³/mol. The number of nitrogens with zero attached hydrogens (tertiary/aromatic N) is 2. The number of thioether (sulfide) groups is 1. The Bertz CT molecular complexity index is 867. The second-order valence-corrected chi connectivity index (χ2v) is 7.53. The van der Waals surface area contributed by atoms with E-state index in [0.717, 1.165) is 53.7 Å². The Morgan fingerprint density at radius 1 is 1.35 bits per heavy atom. The molecule has 0 saturated heterocycles. The average molecular weight is 402 g/mol. The highest BCUT2D eigenvalue weighted by Gasteiger charge is 2.33. The second-order valence-electron chi connectivity index (χ2n) is 5.48. The van der Waals surface area contributed by atoms with Crippen LogP contribution in [0, 0.1) is 0 Å². The standard InChI is InChI=1S/C15H13F3N4O2S2/c16-15(17,18)9-4-5-20-14(21-9)25-6-10(23)22-13-11(12(19)24)7-2-1-3-8(7)26-13/h4-5H,1-3,6H2,(H2,19,24)(H,22,23). The van der Waals surface area contributed by atoms with Crippen LogP contribution in [0.3, 0.4) is 0 Å². The van der Waals surface area contributed by atoms with Crippen LogP contribution in [0.1, 0.15) is 32.9 Å². The van der Waals surface area contributed by atoms with Crippen LogP contribution in [-0.4, -0.2) is 27.5 Å². The van der Waals surface area contributed by atoms with Crippen molar-refractivity contribution >= 4 is 39.9 Å². The van der Waals surface area contributed by atoms with Crippen molar-refractivity contribution in [2.75, 3.05) is 11.1 Å². The Kier molecular flexibility index (Phi) is 5.19. The van der Waals surface area contributed by atoms with Crippen molar-refractivity contribution in [3.05, 3.63) is 34.0 Å². The largest absolute Gasteiger partial charge is 0.433 e. The van der Waals surface area contributed by atoms with Crippen LogP contribution in [0.15, 0.2) is 17.4 Å². The first-order chi connectivity index (χ1) is 12.3. The number of aromatic nitrogens is 2. The number of aryl methyl sites for hydroxylation is 1. The van der Waals surface area contributed by atoms with Gasteiger partial charge in [-0.3, -0.25) is 9.59 Å². The van der Waals surface area contributed by atoms with Crippen LogP contribution in [0.25, 0.3) is 0 Å². The summed E-state index contributed by atoms with van der Waals surface area (Å²) in [6.07, 6.45) is -1.06. The number of hydrogen-bond donors (Lipinski definition) is 2. The van der Waals surface area contributed by atoms with Gasteiger partial charge >= 0.3 is 6.18 Å². The summed E-state index contributed by atoms with van der Waals surface area (Å²) >= 11 is 2.09. The Balaban J connectivity index is 1.67. The van der Waals surface area contributed by atoms with Gasteiger partial charge in [0.2, 0.25) is 5.91 Å². The number of primary amides is 1. The summed E-state index contributed by atoms with van der Waals surface area (Å²) in [6, 6.07) is 0.760. The number of alkyl halides is 3. The van der Waals surface area contributed by atoms with Gasteiger partial charge in [-0.1, -0.05) is 11.8 Å². The Hall–Kier alpha value is -2.14. The normalized spacial score (nSPS) is 13.5. The van der Waals surface area contributed by atoms with E-state index in [1.807, 2.05) is 0 Å². The maximum atomic E-state index is 12.6. The lowest BCUT2D eigenvalue weighted by Gasteiger charge is -2.07. The van der Waals surface area contributed by atoms with Gasteiger partial charge in [0, 0.05) is 11.1 Å². The van der Waals surface area contributed by atoms with Gasteiger partial charge in [0.05, 0.1) is 11.3 Å². The summed E-state index contributed by atoms with van der Waals surface area (Å²) in [7, 11) is 0. The van der Waals surface area contributed by atoms with Crippen LogP contribution in [-0.2, 0) is 23.8 Å². The van der Waals surface area contributed by atoms with Gasteiger partial charge in [0.25, 0.3) is 5.91 Å². The van der Waals surface area contributed by atoms with E-state index in [9.17, 15) is 22.8 Å². The summed E-state index contributed by atoms with van der Waals surface area (Å²) in [5.41, 5.74) is 5.56. The molecule has 3 N–H and O–H groups in total. The zero-order valence-corrected chi connectivity index (χ0v) is 14.9. The first kappa shape index (κ1) is 18.6. The average Bonchev–Trinajstić information content (AvgIpc) is 3.12. The van der Waals surface area contributed by atoms with Gasteiger partial charge in [0.15, 0.2) is 5.16 Å². The highest BCUT2D eigenvalue weighted by Crippen LogP contribution is 2.39. The molecule has 2 aromatic rings. The lowest BCUT2D eigenvalue weighted by Crippen LogP contribution is -2.19. The highest BCUT2D eigenvalue weighted by atomic mass is 32.2. The minimum Gasteiger partial charge on any atom is -0.365 e. The number of rotatable bonds is 5. The van der Waals surface area contributed by atoms with E-state index in [0.29, 0.717) is 10.6 Å². The lowest BCUT2D eigenvalue weighted by molar-refractivity contribution is -0.141. The summed E-state index contributed by atoms with van der Waals surface area (Å²) in [5.74, 6) is -1.27. The van der Waals surface area contributed by atoms with Crippen LogP contribution in [0.4, 0.5) is 18.2 Å². The van der Waals surface area contributed by atoms with E-state index in [1.54, 1.807) is 0 Å². The number of hydrogen-bond acceptors (Lipinski definition) is 6. The molecule has 138 valence electrons. The van der Waals surface area contributed by atoms with E-state index in [4.69, 9.17) is 5.73 Å². The lowest BCUT2D eigenvalue weighted by atomic mass is 10.1. The van der Waals surface area contributed by atoms with Crippen LogP contribution in [0.2, 0.25) is 0 Å². The number of carbonyl (C=O) groups is 2. The van der Waals surface area contributed by atoms with Crippen molar-refractivity contribution in [3.8, 4) is 0 Å². The predicted octanol–water partition coefficient (Wildman–Crippen LogP) is 2.88. The number of halogens is 3. The van der Waals surface area contributed by atoms with Crippen LogP contribution in [0.5, 0.6) is 0 Å². The molecular formula is C15H13F3N4O2S2. The quantitative estimate of drug-likeness (QED) is 0.592. The van der Waals surface area contributed by atoms with Crippen molar-refractivity contribution in [2.24, 2.45) is 5.73 Å². The molecule has 0 atom stereocenters. The molecule has 26 heavy (non-hydrogen) atoms. The third-order valence-corrected chi connectivity index (χ3v) is 5.75. The van der Waals surface area contributed by atoms with Gasteiger partial charge < -0.3 is 11.1 Å². The fraction of sp³-hybridized carbons (Fsp3) is 0.333. The molecule has 0 unspecified atom stereocenters. The van der Waals surface area contributed by atoms with Gasteiger partial charge in [0.1, 0.15) is 10.7 Å². The van der Waals surface area contributed by atoms with E-state index in [2.05, 4.69) is 15.3 Å². The number of amides is 2. The molecule has 1 aliphatic rings. The molecule has 3 rings (SSSR count). The summed E-state index contributed by atoms with van der Waals surface area (Å²) in [6.45, 7) is 0. The molecule has 0 radical (unpaired) electrons. The molecule has 2 amide bonds. The number of nitrogens with one attached hydrogen (secondary N) is 1. The van der Waals surface area contributed by atoms with E-state index >= 15 is 0 Å². The second kappa shape index (κ2) is 7.23. The summed E-state index contributed by atoms with van der Waals surface area (Å²) in [5, 5.41) is 2.85. The molecule has 0 bridgehead atoms. The zero-order valence-electron chi connectivity index (χ0n) is 13.2. The topological polar surface area (TPSA) is 98.0 Å². The number of thiophene rings is 1. The van der Waals surface area contributed by atoms with Crippen molar-refractivity contribution in [2.45, 2.75) is 30.6 Å². The fourth-order valence-electron chi connectivity index (χ4n) is 2.61. The van der Waals surface area contributed by atoms with Crippen LogP contribution < -0.4 is 11.1 Å². The van der Waals surface area contributed by atoms with Crippen molar-refractivity contribution in [1.29, 1.82) is 0 Å². The molecule has 0 spiro atoms. The highest BCUT2D eigenvalue weighted by molar-refractivity contribution is 7.99. The van der Waals surface area contributed by atoms with Crippen molar-refractivity contribution < 1.29 is 22.8 Å². The van der Waals surface area contributed by atoms with E-state index in [-0.39, 0.29) is 10.9 Å². The first-order valence-electron chi connectivity index (χ1n) is 7.53. The Morgan fingerprint density at radius 3 is 2.81 bits per heavy atom. The number of anilines is 1. The SMILES string of the molecule is NC(=O)c1c(NC(=O)CSc2nccc(C(F)(F)F)n2)sc2c1CCC2. The molecule has 0 aromatic carbocycles. The zero-order chi connectivity index (χ0) is 18.9. The van der Waals surface area contributed by atoms with Gasteiger partial charge in [-0.15, -0.1) is 11.3 Å². The van der Waals surface area contributed by atoms with Gasteiger partial charge in [-0.05, 0) is 30.9 Å². The van der Waals surface area contributed by atoms with Crippen molar-refractivity contribution in [1.82, 2.24) is 9.97 Å². The van der Waals surface area contributed by atoms with Gasteiger partial charge in [-0.25, -0.2) is 9.97 Å². The smallest absolute Gasteiger partial charge is 0.365 e. The van der Waals surface area contributed by atoms with Crippen LogP contribution >= 0.6 is 23.1 Å². The molecular weight excluding hydrogens is 389 g/mol. The minimum absolute atomic E-state index is 0.154. The van der Waals surface area contributed by atoms with Crippen molar-refractivity contribution in [3.63, 3.8) is 0 Å². The maximum absolute atomic E-state index is 12.6. The Labute approximate surface area is 154 Å². The molecule has 2 heterocycles. The van der Waals surface area contributed by atoms with E-state index < -0.39 is 23.7 Å². The molecule has 0 fully saturated rings. The molecule has 2 aromatic heterocycles. The number of nitrogens with two attached hydrogens (primary N) is 1. The summed E-state index contributed by atoms with van der Waals surface area (Å²) in [4.78, 5) is 31.9. The maximum Gasteiger partial charge on any atom is 0.433 e. The molecule has 11 heteroatoms. The third kappa shape index (κ3) is 3.98. The number of carbonyl (C=O) groups excluding carboxylic acids is 2. The van der Waals surface area contributed by atoms with E-state index in [1.165, 1.54) is 11.3 Å². The van der Waals surface area contributed by atoms with Gasteiger partial charge in [-0.2, -0.15) is 13.2 Å². The summed E-state index contributed by atoms with van der Waals surface area (Å²) < 4.78 is 37.9. The Morgan fingerprint density at radius 2 is 2.12 bits per heavy atom. The monoisotopic (exact) mass is 402 g/mol. The number of fused-ring (bicyclic) bond motifs is 1. The third-order valence-electron chi connectivity index (χ3n) is 3.68.